The van der Waals surface area contributed by atoms with Gasteiger partial charge in [-0.1, -0.05) is 0 Å². The van der Waals surface area contributed by atoms with E-state index in [1.807, 2.05) is 0 Å². The Kier molecular flexibility index (Phi) is 12.8. The van der Waals surface area contributed by atoms with E-state index in [0.717, 1.165) is 23.7 Å². The van der Waals surface area contributed by atoms with Crippen LogP contribution in [0, 0.1) is 23.7 Å². The molecule has 0 aliphatic carbocycles. The topological polar surface area (TPSA) is 0 Å². The van der Waals surface area contributed by atoms with Crippen molar-refractivity contribution in [2.75, 3.05) is 0 Å². The van der Waals surface area contributed by atoms with Crippen molar-refractivity contribution in [3.05, 3.63) is 72.8 Å². The number of fused-ring (bicyclic) bond motifs is 2. The first-order valence-electron chi connectivity index (χ1n) is 18.0. The van der Waals surface area contributed by atoms with Gasteiger partial charge in [0.2, 0.25) is 0 Å². The van der Waals surface area contributed by atoms with Crippen molar-refractivity contribution >= 4 is 65.5 Å². The predicted octanol–water partition coefficient (Wildman–Crippen LogP) is 12.4. The van der Waals surface area contributed by atoms with Gasteiger partial charge < -0.3 is 0 Å². The molecule has 0 radical (unpaired) electrons. The van der Waals surface area contributed by atoms with Gasteiger partial charge in [0.15, 0.2) is 0 Å². The normalized spacial score (nSPS) is 15.4. The van der Waals surface area contributed by atoms with Crippen LogP contribution in [0.2, 0.25) is 27.6 Å². The van der Waals surface area contributed by atoms with Gasteiger partial charge in [-0.05, 0) is 0 Å². The van der Waals surface area contributed by atoms with E-state index in [2.05, 4.69) is 138 Å². The summed E-state index contributed by atoms with van der Waals surface area (Å²) in [6.07, 6.45) is 5.14. The molecule has 0 saturated carbocycles. The van der Waals surface area contributed by atoms with Crippen LogP contribution < -0.4 is 7.16 Å². The molecule has 4 aromatic carbocycles. The Labute approximate surface area is 279 Å². The zero-order chi connectivity index (χ0) is 32.1. The van der Waals surface area contributed by atoms with Gasteiger partial charge >= 0.3 is 282 Å². The monoisotopic (exact) mass is 806 g/mol. The van der Waals surface area contributed by atoms with Crippen LogP contribution >= 0.6 is 0 Å². The molecule has 0 nitrogen and oxygen atoms in total. The second-order valence-corrected chi connectivity index (χ2v) is 41.0. The van der Waals surface area contributed by atoms with Crippen molar-refractivity contribution in [1.82, 2.24) is 0 Å². The van der Waals surface area contributed by atoms with Crippen LogP contribution in [0.3, 0.4) is 0 Å². The molecule has 0 bridgehead atoms. The first-order valence-corrected chi connectivity index (χ1v) is 34.7. The molecule has 4 aromatic rings. The van der Waals surface area contributed by atoms with Gasteiger partial charge in [0.25, 0.3) is 0 Å². The van der Waals surface area contributed by atoms with Crippen LogP contribution in [-0.4, -0.2) is 36.8 Å². The maximum absolute atomic E-state index is 2.87. The molecule has 238 valence electrons. The molecule has 0 aliphatic rings. The van der Waals surface area contributed by atoms with E-state index in [1.165, 1.54) is 65.0 Å². The Morgan fingerprint density at radius 1 is 0.432 bits per heavy atom. The van der Waals surface area contributed by atoms with Crippen LogP contribution in [-0.2, 0) is 0 Å². The van der Waals surface area contributed by atoms with Crippen LogP contribution in [0.15, 0.2) is 72.8 Å². The number of hydrogen-bond acceptors (Lipinski definition) is 0. The Hall–Kier alpha value is -1.00. The third kappa shape index (κ3) is 7.92. The number of hydrogen-bond donors (Lipinski definition) is 0. The minimum absolute atomic E-state index is 0.784. The third-order valence-corrected chi connectivity index (χ3v) is 39.4. The van der Waals surface area contributed by atoms with E-state index in [0.29, 0.717) is 0 Å². The Balaban J connectivity index is 2.19. The molecule has 0 unspecified atom stereocenters. The maximum atomic E-state index is 2.83. The van der Waals surface area contributed by atoms with E-state index >= 15 is 0 Å². The zero-order valence-corrected chi connectivity index (χ0v) is 35.6. The first-order chi connectivity index (χ1) is 21.0. The van der Waals surface area contributed by atoms with Crippen molar-refractivity contribution in [2.45, 2.75) is 109 Å². The fraction of sp³-hybridized carbons (Fsp3) is 0.524. The van der Waals surface area contributed by atoms with Gasteiger partial charge in [0.1, 0.15) is 0 Å². The molecule has 0 aliphatic heterocycles. The van der Waals surface area contributed by atoms with Gasteiger partial charge in [-0.15, -0.1) is 0 Å². The molecule has 0 N–H and O–H groups in total. The van der Waals surface area contributed by atoms with Crippen LogP contribution in [0.25, 0.3) is 32.7 Å². The summed E-state index contributed by atoms with van der Waals surface area (Å²) in [5, 5.41) is 5.82. The van der Waals surface area contributed by atoms with Crippen LogP contribution in [0.1, 0.15) is 81.1 Å². The van der Waals surface area contributed by atoms with E-state index in [9.17, 15) is 0 Å². The quantitative estimate of drug-likeness (QED) is 0.105. The summed E-state index contributed by atoms with van der Waals surface area (Å²) in [6, 6.07) is 29.0. The van der Waals surface area contributed by atoms with Gasteiger partial charge in [-0.2, -0.15) is 0 Å². The third-order valence-electron chi connectivity index (χ3n) is 11.4. The second-order valence-electron chi connectivity index (χ2n) is 15.4. The van der Waals surface area contributed by atoms with E-state index < -0.39 is 36.8 Å². The Morgan fingerprint density at radius 2 is 0.727 bits per heavy atom. The molecule has 2 heteroatoms. The molecule has 0 heterocycles. The number of rotatable bonds is 15. The molecule has 0 fully saturated rings. The first kappa shape index (κ1) is 35.8. The van der Waals surface area contributed by atoms with Crippen molar-refractivity contribution in [3.8, 4) is 11.1 Å². The summed E-state index contributed by atoms with van der Waals surface area (Å²) in [7, 11) is 0. The van der Waals surface area contributed by atoms with E-state index in [-0.39, 0.29) is 0 Å². The molecular formula is C42H62Sn2. The average molecular weight is 804 g/mol. The van der Waals surface area contributed by atoms with E-state index in [1.54, 1.807) is 18.3 Å². The van der Waals surface area contributed by atoms with Crippen molar-refractivity contribution < 1.29 is 0 Å². The summed E-state index contributed by atoms with van der Waals surface area (Å²) in [5.41, 5.74) is 3.30. The molecule has 0 saturated heterocycles. The van der Waals surface area contributed by atoms with Crippen molar-refractivity contribution in [3.63, 3.8) is 0 Å². The second kappa shape index (κ2) is 15.7. The van der Waals surface area contributed by atoms with Gasteiger partial charge in [0.05, 0.1) is 0 Å². The van der Waals surface area contributed by atoms with Crippen molar-refractivity contribution in [2.24, 2.45) is 23.7 Å². The fourth-order valence-corrected chi connectivity index (χ4v) is 40.4. The Morgan fingerprint density at radius 3 is 1.02 bits per heavy atom. The summed E-state index contributed by atoms with van der Waals surface area (Å²) >= 11 is -5.74. The minimum atomic E-state index is -2.87. The van der Waals surface area contributed by atoms with Crippen LogP contribution in [0.5, 0.6) is 0 Å². The SMILES string of the molecule is CC[C@H](C)[CH2][Sn]([CH3])([CH2][C@@H](C)CC)[c]1ccc2ccccc2c1-c1[c]([Sn]([CH3])([CH2][C@@H](C)CC)[CH2][C@@H](C)CC)ccc2ccccc12. The molecule has 0 amide bonds. The summed E-state index contributed by atoms with van der Waals surface area (Å²) in [5.74, 6) is 3.13. The van der Waals surface area contributed by atoms with Crippen LogP contribution in [0.4, 0.5) is 0 Å². The molecule has 4 atom stereocenters. The fourth-order valence-electron chi connectivity index (χ4n) is 8.35. The van der Waals surface area contributed by atoms with Crippen molar-refractivity contribution in [1.29, 1.82) is 0 Å². The molecular weight excluding hydrogens is 742 g/mol. The predicted molar refractivity (Wildman–Crippen MR) is 206 cm³/mol. The van der Waals surface area contributed by atoms with E-state index in [4.69, 9.17) is 0 Å². The summed E-state index contributed by atoms with van der Waals surface area (Å²) < 4.78 is 9.39. The molecule has 4 rings (SSSR count). The van der Waals surface area contributed by atoms with Gasteiger partial charge in [0, 0.05) is 0 Å². The zero-order valence-electron chi connectivity index (χ0n) is 29.9. The molecule has 0 spiro atoms. The summed E-state index contributed by atoms with van der Waals surface area (Å²) in [4.78, 5) is 5.65. The standard InChI is InChI=1S/C20H12.4C5H11.2CH3.2Sn/c1-3-11-17-15(7-1)9-5-13-19(17)20-14-6-10-16-8-2-4-12-18(16)20;4*1-4-5(2)3;;;;/h1-12H;4*5H,2,4H2,1,3H3;2*1H3;;/t;4*5-;;;;/m.0000..../s1. The Bertz CT molecular complexity index is 1380. The average Bonchev–Trinajstić information content (AvgIpc) is 3.03. The molecule has 0 aromatic heterocycles. The van der Waals surface area contributed by atoms with Gasteiger partial charge in [-0.3, -0.25) is 0 Å². The number of benzene rings is 4. The van der Waals surface area contributed by atoms with Gasteiger partial charge in [-0.25, -0.2) is 0 Å². The summed E-state index contributed by atoms with van der Waals surface area (Å²) in [6.45, 7) is 19.8. The molecule has 44 heavy (non-hydrogen) atoms.